The normalized spacial score (nSPS) is 15.2. The topological polar surface area (TPSA) is 53.4 Å². The summed E-state index contributed by atoms with van der Waals surface area (Å²) in [5.74, 6) is -0.726. The summed E-state index contributed by atoms with van der Waals surface area (Å²) < 4.78 is 13.2. The van der Waals surface area contributed by atoms with E-state index in [1.807, 2.05) is 0 Å². The van der Waals surface area contributed by atoms with E-state index in [1.165, 1.54) is 6.20 Å². The number of thiol groups is 1. The molecule has 0 saturated carbocycles. The molecule has 0 saturated heterocycles. The molecule has 0 radical (unpaired) electrons. The SMILES string of the molecule is OC(CS)C(O)c1ncc(Cl)cc1F. The van der Waals surface area contributed by atoms with E-state index in [-0.39, 0.29) is 16.5 Å². The lowest BCUT2D eigenvalue weighted by molar-refractivity contribution is 0.0285. The summed E-state index contributed by atoms with van der Waals surface area (Å²) in [5, 5.41) is 18.8. The fraction of sp³-hybridized carbons (Fsp3) is 0.375. The average Bonchev–Trinajstić information content (AvgIpc) is 2.15. The molecule has 14 heavy (non-hydrogen) atoms. The molecule has 1 heterocycles. The third kappa shape index (κ3) is 2.57. The van der Waals surface area contributed by atoms with E-state index in [0.717, 1.165) is 6.07 Å². The zero-order chi connectivity index (χ0) is 10.7. The van der Waals surface area contributed by atoms with Crippen LogP contribution in [-0.2, 0) is 0 Å². The molecule has 2 unspecified atom stereocenters. The second kappa shape index (κ2) is 4.93. The first-order chi connectivity index (χ1) is 6.56. The zero-order valence-corrected chi connectivity index (χ0v) is 8.71. The van der Waals surface area contributed by atoms with Gasteiger partial charge in [0.15, 0.2) is 0 Å². The van der Waals surface area contributed by atoms with Gasteiger partial charge in [-0.25, -0.2) is 4.39 Å². The van der Waals surface area contributed by atoms with E-state index in [2.05, 4.69) is 17.6 Å². The molecule has 0 amide bonds. The fourth-order valence-electron chi connectivity index (χ4n) is 0.925. The number of hydrogen-bond acceptors (Lipinski definition) is 4. The Morgan fingerprint density at radius 1 is 1.57 bits per heavy atom. The summed E-state index contributed by atoms with van der Waals surface area (Å²) in [6.07, 6.45) is -1.33. The van der Waals surface area contributed by atoms with E-state index in [1.54, 1.807) is 0 Å². The Bertz CT molecular complexity index is 326. The van der Waals surface area contributed by atoms with Crippen molar-refractivity contribution in [3.63, 3.8) is 0 Å². The Hall–Kier alpha value is -0.360. The van der Waals surface area contributed by atoms with Crippen LogP contribution in [0.15, 0.2) is 12.3 Å². The van der Waals surface area contributed by atoms with Crippen molar-refractivity contribution in [2.45, 2.75) is 12.2 Å². The lowest BCUT2D eigenvalue weighted by Gasteiger charge is -2.15. The van der Waals surface area contributed by atoms with Gasteiger partial charge in [0.1, 0.15) is 17.6 Å². The highest BCUT2D eigenvalue weighted by Gasteiger charge is 2.21. The first-order valence-corrected chi connectivity index (χ1v) is 4.85. The van der Waals surface area contributed by atoms with E-state index in [0.29, 0.717) is 0 Å². The number of rotatable bonds is 3. The summed E-state index contributed by atoms with van der Waals surface area (Å²) in [6.45, 7) is 0. The minimum absolute atomic E-state index is 0.0188. The van der Waals surface area contributed by atoms with E-state index in [9.17, 15) is 14.6 Å². The molecule has 0 aliphatic rings. The van der Waals surface area contributed by atoms with Crippen molar-refractivity contribution in [1.29, 1.82) is 0 Å². The molecule has 1 aromatic rings. The predicted molar refractivity (Wildman–Crippen MR) is 54.0 cm³/mol. The molecule has 0 aromatic carbocycles. The van der Waals surface area contributed by atoms with Gasteiger partial charge in [-0.1, -0.05) is 11.6 Å². The van der Waals surface area contributed by atoms with E-state index < -0.39 is 18.0 Å². The molecule has 0 bridgehead atoms. The Balaban J connectivity index is 2.95. The van der Waals surface area contributed by atoms with Crippen LogP contribution in [0, 0.1) is 5.82 Å². The van der Waals surface area contributed by atoms with Gasteiger partial charge >= 0.3 is 0 Å². The molecule has 78 valence electrons. The number of nitrogens with zero attached hydrogens (tertiary/aromatic N) is 1. The number of aromatic nitrogens is 1. The highest BCUT2D eigenvalue weighted by molar-refractivity contribution is 7.80. The van der Waals surface area contributed by atoms with Crippen molar-refractivity contribution in [3.8, 4) is 0 Å². The molecule has 3 nitrogen and oxygen atoms in total. The van der Waals surface area contributed by atoms with Crippen LogP contribution in [0.4, 0.5) is 4.39 Å². The average molecular weight is 238 g/mol. The van der Waals surface area contributed by atoms with Crippen LogP contribution in [-0.4, -0.2) is 27.1 Å². The number of hydrogen-bond donors (Lipinski definition) is 3. The van der Waals surface area contributed by atoms with Crippen molar-refractivity contribution in [1.82, 2.24) is 4.98 Å². The van der Waals surface area contributed by atoms with Crippen molar-refractivity contribution in [2.24, 2.45) is 0 Å². The van der Waals surface area contributed by atoms with Gasteiger partial charge in [0, 0.05) is 11.9 Å². The molecule has 0 aliphatic carbocycles. The van der Waals surface area contributed by atoms with Gasteiger partial charge < -0.3 is 10.2 Å². The second-order valence-corrected chi connectivity index (χ2v) is 3.52. The number of halogens is 2. The molecule has 0 spiro atoms. The molecular weight excluding hydrogens is 229 g/mol. The Labute approximate surface area is 91.0 Å². The monoisotopic (exact) mass is 237 g/mol. The highest BCUT2D eigenvalue weighted by atomic mass is 35.5. The van der Waals surface area contributed by atoms with Gasteiger partial charge in [0.05, 0.1) is 11.1 Å². The first kappa shape index (κ1) is 11.7. The van der Waals surface area contributed by atoms with Crippen molar-refractivity contribution < 1.29 is 14.6 Å². The van der Waals surface area contributed by atoms with Gasteiger partial charge in [-0.2, -0.15) is 12.6 Å². The standard InChI is InChI=1S/C8H9ClFNO2S/c9-4-1-5(10)7(11-2-4)8(13)6(12)3-14/h1-2,6,8,12-14H,3H2. The number of aliphatic hydroxyl groups excluding tert-OH is 2. The third-order valence-electron chi connectivity index (χ3n) is 1.67. The minimum atomic E-state index is -1.38. The summed E-state index contributed by atoms with van der Waals surface area (Å²) in [7, 11) is 0. The number of pyridine rings is 1. The van der Waals surface area contributed by atoms with Crippen LogP contribution >= 0.6 is 24.2 Å². The molecule has 0 aliphatic heterocycles. The third-order valence-corrected chi connectivity index (χ3v) is 2.25. The Morgan fingerprint density at radius 3 is 2.71 bits per heavy atom. The molecule has 1 aromatic heterocycles. The van der Waals surface area contributed by atoms with Crippen LogP contribution in [0.25, 0.3) is 0 Å². The smallest absolute Gasteiger partial charge is 0.148 e. The van der Waals surface area contributed by atoms with Crippen molar-refractivity contribution >= 4 is 24.2 Å². The summed E-state index contributed by atoms with van der Waals surface area (Å²) in [4.78, 5) is 3.60. The maximum Gasteiger partial charge on any atom is 0.148 e. The molecule has 1 rings (SSSR count). The molecular formula is C8H9ClFNO2S. The molecule has 2 N–H and O–H groups in total. The zero-order valence-electron chi connectivity index (χ0n) is 7.06. The lowest BCUT2D eigenvalue weighted by atomic mass is 10.1. The van der Waals surface area contributed by atoms with Gasteiger partial charge in [0.2, 0.25) is 0 Å². The quantitative estimate of drug-likeness (QED) is 0.693. The van der Waals surface area contributed by atoms with E-state index >= 15 is 0 Å². The maximum absolute atomic E-state index is 13.2. The van der Waals surface area contributed by atoms with Crippen LogP contribution < -0.4 is 0 Å². The van der Waals surface area contributed by atoms with Gasteiger partial charge in [-0.05, 0) is 6.07 Å². The molecule has 2 atom stereocenters. The van der Waals surface area contributed by atoms with Crippen LogP contribution in [0.3, 0.4) is 0 Å². The van der Waals surface area contributed by atoms with Gasteiger partial charge in [-0.15, -0.1) is 0 Å². The van der Waals surface area contributed by atoms with E-state index in [4.69, 9.17) is 11.6 Å². The summed E-state index contributed by atoms with van der Waals surface area (Å²) in [5.41, 5.74) is -0.226. The van der Waals surface area contributed by atoms with Crippen LogP contribution in [0.1, 0.15) is 11.8 Å². The number of aliphatic hydroxyl groups is 2. The largest absolute Gasteiger partial charge is 0.389 e. The van der Waals surface area contributed by atoms with Crippen molar-refractivity contribution in [2.75, 3.05) is 5.75 Å². The van der Waals surface area contributed by atoms with Gasteiger partial charge in [0.25, 0.3) is 0 Å². The Kier molecular flexibility index (Phi) is 4.12. The van der Waals surface area contributed by atoms with Crippen LogP contribution in [0.5, 0.6) is 0 Å². The summed E-state index contributed by atoms with van der Waals surface area (Å²) >= 11 is 9.25. The predicted octanol–water partition coefficient (Wildman–Crippen LogP) is 1.20. The minimum Gasteiger partial charge on any atom is -0.389 e. The molecule has 0 fully saturated rings. The maximum atomic E-state index is 13.2. The molecule has 6 heteroatoms. The fourth-order valence-corrected chi connectivity index (χ4v) is 1.27. The van der Waals surface area contributed by atoms with Crippen molar-refractivity contribution in [3.05, 3.63) is 28.8 Å². The lowest BCUT2D eigenvalue weighted by Crippen LogP contribution is -2.21. The first-order valence-electron chi connectivity index (χ1n) is 3.84. The van der Waals surface area contributed by atoms with Gasteiger partial charge in [-0.3, -0.25) is 4.98 Å². The van der Waals surface area contributed by atoms with Crippen LogP contribution in [0.2, 0.25) is 5.02 Å². The second-order valence-electron chi connectivity index (χ2n) is 2.72. The summed E-state index contributed by atoms with van der Waals surface area (Å²) in [6, 6.07) is 1.03. The highest BCUT2D eigenvalue weighted by Crippen LogP contribution is 2.20. The Morgan fingerprint density at radius 2 is 2.21 bits per heavy atom.